The van der Waals surface area contributed by atoms with E-state index in [1.165, 1.54) is 28.2 Å². The molecule has 0 heterocycles. The van der Waals surface area contributed by atoms with Gasteiger partial charge in [-0.05, 0) is 16.3 Å². The Morgan fingerprint density at radius 1 is 1.20 bits per heavy atom. The SMILES string of the molecule is C=COC1Cc2cccc3cccc1c23. The predicted molar refractivity (Wildman–Crippen MR) is 61.7 cm³/mol. The minimum absolute atomic E-state index is 0.156. The molecule has 1 aliphatic rings. The molecule has 0 saturated heterocycles. The Morgan fingerprint density at radius 2 is 2.00 bits per heavy atom. The quantitative estimate of drug-likeness (QED) is 0.667. The van der Waals surface area contributed by atoms with Crippen LogP contribution < -0.4 is 0 Å². The minimum Gasteiger partial charge on any atom is -0.494 e. The van der Waals surface area contributed by atoms with Gasteiger partial charge in [-0.15, -0.1) is 0 Å². The summed E-state index contributed by atoms with van der Waals surface area (Å²) in [7, 11) is 0. The molecule has 0 spiro atoms. The van der Waals surface area contributed by atoms with Gasteiger partial charge in [-0.1, -0.05) is 43.0 Å². The molecule has 0 aliphatic heterocycles. The lowest BCUT2D eigenvalue weighted by atomic mass is 10.1. The van der Waals surface area contributed by atoms with Crippen LogP contribution in [0.4, 0.5) is 0 Å². The van der Waals surface area contributed by atoms with Gasteiger partial charge in [0.1, 0.15) is 6.10 Å². The average Bonchev–Trinajstić information content (AvgIpc) is 2.61. The fourth-order valence-corrected chi connectivity index (χ4v) is 2.44. The number of hydrogen-bond donors (Lipinski definition) is 0. The summed E-state index contributed by atoms with van der Waals surface area (Å²) >= 11 is 0. The Labute approximate surface area is 89.0 Å². The minimum atomic E-state index is 0.156. The van der Waals surface area contributed by atoms with E-state index in [4.69, 9.17) is 4.74 Å². The van der Waals surface area contributed by atoms with Crippen molar-refractivity contribution in [1.82, 2.24) is 0 Å². The molecule has 0 bridgehead atoms. The molecule has 1 nitrogen and oxygen atoms in total. The first kappa shape index (κ1) is 8.54. The van der Waals surface area contributed by atoms with Gasteiger partial charge in [-0.25, -0.2) is 0 Å². The normalized spacial score (nSPS) is 18.0. The second-order valence-electron chi connectivity index (χ2n) is 3.86. The maximum absolute atomic E-state index is 5.54. The Morgan fingerprint density at radius 3 is 2.80 bits per heavy atom. The topological polar surface area (TPSA) is 9.23 Å². The van der Waals surface area contributed by atoms with Gasteiger partial charge >= 0.3 is 0 Å². The Kier molecular flexibility index (Phi) is 1.78. The van der Waals surface area contributed by atoms with Crippen molar-refractivity contribution in [2.45, 2.75) is 12.5 Å². The molecule has 0 saturated carbocycles. The highest BCUT2D eigenvalue weighted by atomic mass is 16.5. The summed E-state index contributed by atoms with van der Waals surface area (Å²) in [5, 5.41) is 2.67. The maximum Gasteiger partial charge on any atom is 0.127 e. The van der Waals surface area contributed by atoms with Crippen molar-refractivity contribution >= 4 is 10.8 Å². The van der Waals surface area contributed by atoms with Crippen molar-refractivity contribution in [3.8, 4) is 0 Å². The van der Waals surface area contributed by atoms with Crippen molar-refractivity contribution in [3.63, 3.8) is 0 Å². The van der Waals surface area contributed by atoms with Crippen LogP contribution in [0.3, 0.4) is 0 Å². The summed E-state index contributed by atoms with van der Waals surface area (Å²) in [6.07, 6.45) is 2.65. The van der Waals surface area contributed by atoms with E-state index in [2.05, 4.69) is 43.0 Å². The van der Waals surface area contributed by atoms with Crippen LogP contribution in [0, 0.1) is 0 Å². The number of benzene rings is 2. The zero-order valence-corrected chi connectivity index (χ0v) is 8.44. The molecule has 0 aromatic heterocycles. The summed E-state index contributed by atoms with van der Waals surface area (Å²) < 4.78 is 5.54. The highest BCUT2D eigenvalue weighted by Crippen LogP contribution is 2.38. The van der Waals surface area contributed by atoms with Crippen LogP contribution in [-0.2, 0) is 11.2 Å². The van der Waals surface area contributed by atoms with E-state index >= 15 is 0 Å². The summed E-state index contributed by atoms with van der Waals surface area (Å²) in [4.78, 5) is 0. The standard InChI is InChI=1S/C14H12O/c1-2-15-13-9-11-7-3-5-10-6-4-8-12(13)14(10)11/h2-8,13H,1,9H2. The average molecular weight is 196 g/mol. The van der Waals surface area contributed by atoms with Crippen LogP contribution in [0.25, 0.3) is 10.8 Å². The van der Waals surface area contributed by atoms with Gasteiger partial charge in [-0.3, -0.25) is 0 Å². The van der Waals surface area contributed by atoms with Gasteiger partial charge in [0.2, 0.25) is 0 Å². The highest BCUT2D eigenvalue weighted by Gasteiger charge is 2.24. The zero-order valence-electron chi connectivity index (χ0n) is 8.44. The van der Waals surface area contributed by atoms with Crippen molar-refractivity contribution in [1.29, 1.82) is 0 Å². The summed E-state index contributed by atoms with van der Waals surface area (Å²) in [6, 6.07) is 12.8. The summed E-state index contributed by atoms with van der Waals surface area (Å²) in [6.45, 7) is 3.63. The molecular weight excluding hydrogens is 184 g/mol. The molecule has 2 aromatic rings. The third-order valence-corrected chi connectivity index (χ3v) is 3.04. The zero-order chi connectivity index (χ0) is 10.3. The van der Waals surface area contributed by atoms with Gasteiger partial charge in [0.25, 0.3) is 0 Å². The van der Waals surface area contributed by atoms with E-state index in [0.29, 0.717) is 0 Å². The van der Waals surface area contributed by atoms with Gasteiger partial charge in [-0.2, -0.15) is 0 Å². The second-order valence-corrected chi connectivity index (χ2v) is 3.86. The van der Waals surface area contributed by atoms with Gasteiger partial charge < -0.3 is 4.74 Å². The van der Waals surface area contributed by atoms with Gasteiger partial charge in [0, 0.05) is 12.0 Å². The maximum atomic E-state index is 5.54. The largest absolute Gasteiger partial charge is 0.494 e. The second kappa shape index (κ2) is 3.13. The molecule has 1 unspecified atom stereocenters. The Hall–Kier alpha value is -1.76. The lowest BCUT2D eigenvalue weighted by molar-refractivity contribution is 0.153. The molecule has 0 radical (unpaired) electrons. The van der Waals surface area contributed by atoms with Crippen LogP contribution in [-0.4, -0.2) is 0 Å². The van der Waals surface area contributed by atoms with Crippen LogP contribution in [0.15, 0.2) is 49.2 Å². The van der Waals surface area contributed by atoms with Crippen molar-refractivity contribution in [2.75, 3.05) is 0 Å². The van der Waals surface area contributed by atoms with Crippen LogP contribution in [0.2, 0.25) is 0 Å². The Balaban J connectivity index is 2.26. The predicted octanol–water partition coefficient (Wildman–Crippen LogP) is 3.60. The van der Waals surface area contributed by atoms with Crippen LogP contribution in [0.1, 0.15) is 17.2 Å². The molecule has 0 fully saturated rings. The first-order valence-electron chi connectivity index (χ1n) is 5.17. The monoisotopic (exact) mass is 196 g/mol. The fourth-order valence-electron chi connectivity index (χ4n) is 2.44. The summed E-state index contributed by atoms with van der Waals surface area (Å²) in [5.74, 6) is 0. The third kappa shape index (κ3) is 1.16. The molecule has 2 aromatic carbocycles. The van der Waals surface area contributed by atoms with E-state index in [1.54, 1.807) is 0 Å². The van der Waals surface area contributed by atoms with Crippen molar-refractivity contribution < 1.29 is 4.74 Å². The van der Waals surface area contributed by atoms with E-state index in [-0.39, 0.29) is 6.10 Å². The lowest BCUT2D eigenvalue weighted by Gasteiger charge is -2.10. The molecule has 1 heteroatoms. The number of ether oxygens (including phenoxy) is 1. The number of hydrogen-bond acceptors (Lipinski definition) is 1. The summed E-state index contributed by atoms with van der Waals surface area (Å²) in [5.41, 5.74) is 2.68. The number of rotatable bonds is 2. The van der Waals surface area contributed by atoms with E-state index in [9.17, 15) is 0 Å². The first-order chi connectivity index (χ1) is 7.40. The Bertz CT molecular complexity index is 523. The molecule has 15 heavy (non-hydrogen) atoms. The van der Waals surface area contributed by atoms with E-state index in [1.807, 2.05) is 0 Å². The third-order valence-electron chi connectivity index (χ3n) is 3.04. The van der Waals surface area contributed by atoms with Crippen LogP contribution >= 0.6 is 0 Å². The van der Waals surface area contributed by atoms with E-state index < -0.39 is 0 Å². The van der Waals surface area contributed by atoms with Gasteiger partial charge in [0.15, 0.2) is 0 Å². The highest BCUT2D eigenvalue weighted by molar-refractivity contribution is 5.91. The molecular formula is C14H12O. The first-order valence-corrected chi connectivity index (χ1v) is 5.17. The van der Waals surface area contributed by atoms with Crippen LogP contribution in [0.5, 0.6) is 0 Å². The van der Waals surface area contributed by atoms with Crippen molar-refractivity contribution in [3.05, 3.63) is 60.4 Å². The fraction of sp³-hybridized carbons (Fsp3) is 0.143. The molecule has 0 N–H and O–H groups in total. The van der Waals surface area contributed by atoms with Crippen molar-refractivity contribution in [2.24, 2.45) is 0 Å². The smallest absolute Gasteiger partial charge is 0.127 e. The molecule has 1 atom stereocenters. The van der Waals surface area contributed by atoms with E-state index in [0.717, 1.165) is 6.42 Å². The molecule has 1 aliphatic carbocycles. The molecule has 3 rings (SSSR count). The molecule has 0 amide bonds. The lowest BCUT2D eigenvalue weighted by Crippen LogP contribution is -1.96. The molecule has 74 valence electrons. The van der Waals surface area contributed by atoms with Gasteiger partial charge in [0.05, 0.1) is 6.26 Å².